The maximum absolute atomic E-state index is 12.0. The van der Waals surface area contributed by atoms with Crippen LogP contribution in [0.3, 0.4) is 0 Å². The van der Waals surface area contributed by atoms with Gasteiger partial charge in [0.2, 0.25) is 11.9 Å². The number of hydrogen-bond acceptors (Lipinski definition) is 4. The number of aryl methyl sites for hydroxylation is 1. The summed E-state index contributed by atoms with van der Waals surface area (Å²) in [7, 11) is 0. The first-order chi connectivity index (χ1) is 9.54. The van der Waals surface area contributed by atoms with E-state index in [0.717, 1.165) is 5.56 Å². The van der Waals surface area contributed by atoms with E-state index in [1.807, 2.05) is 30.3 Å². The van der Waals surface area contributed by atoms with Crippen molar-refractivity contribution >= 4 is 23.5 Å². The zero-order valence-corrected chi connectivity index (χ0v) is 11.8. The van der Waals surface area contributed by atoms with Crippen molar-refractivity contribution in [2.75, 3.05) is 5.32 Å². The Morgan fingerprint density at radius 3 is 2.70 bits per heavy atom. The summed E-state index contributed by atoms with van der Waals surface area (Å²) in [4.78, 5) is 20.0. The van der Waals surface area contributed by atoms with Crippen molar-refractivity contribution in [3.63, 3.8) is 0 Å². The van der Waals surface area contributed by atoms with Gasteiger partial charge in [-0.15, -0.1) is 0 Å². The maximum atomic E-state index is 12.0. The van der Waals surface area contributed by atoms with Gasteiger partial charge in [0.1, 0.15) is 5.15 Å². The lowest BCUT2D eigenvalue weighted by Gasteiger charge is -2.11. The number of amides is 1. The molecule has 1 aromatic carbocycles. The highest BCUT2D eigenvalue weighted by Gasteiger charge is 2.15. The van der Waals surface area contributed by atoms with Crippen LogP contribution in [-0.4, -0.2) is 21.9 Å². The van der Waals surface area contributed by atoms with Gasteiger partial charge in [0.25, 0.3) is 0 Å². The van der Waals surface area contributed by atoms with Crippen molar-refractivity contribution in [3.05, 3.63) is 52.8 Å². The third-order valence-electron chi connectivity index (χ3n) is 2.69. The highest BCUT2D eigenvalue weighted by atomic mass is 35.5. The molecule has 3 N–H and O–H groups in total. The predicted molar refractivity (Wildman–Crippen MR) is 78.5 cm³/mol. The summed E-state index contributed by atoms with van der Waals surface area (Å²) in [5.74, 6) is -0.168. The van der Waals surface area contributed by atoms with Gasteiger partial charge in [-0.1, -0.05) is 41.9 Å². The molecule has 0 bridgehead atoms. The average molecular weight is 291 g/mol. The predicted octanol–water partition coefficient (Wildman–Crippen LogP) is 1.95. The Morgan fingerprint density at radius 2 is 2.05 bits per heavy atom. The molecule has 104 valence electrons. The SMILES string of the molecule is Cc1cc(Cl)nc(NC(=O)[C@@H](N)Cc2ccccc2)n1. The van der Waals surface area contributed by atoms with Crippen molar-refractivity contribution in [2.24, 2.45) is 5.73 Å². The fraction of sp³-hybridized carbons (Fsp3) is 0.214. The van der Waals surface area contributed by atoms with Gasteiger partial charge in [0.05, 0.1) is 6.04 Å². The molecule has 0 aliphatic rings. The molecular weight excluding hydrogens is 276 g/mol. The second-order valence-electron chi connectivity index (χ2n) is 4.44. The van der Waals surface area contributed by atoms with Crippen LogP contribution in [0.25, 0.3) is 0 Å². The smallest absolute Gasteiger partial charge is 0.243 e. The average Bonchev–Trinajstić information content (AvgIpc) is 2.38. The second kappa shape index (κ2) is 6.45. The lowest BCUT2D eigenvalue weighted by molar-refractivity contribution is -0.117. The molecule has 0 aliphatic heterocycles. The fourth-order valence-corrected chi connectivity index (χ4v) is 1.99. The van der Waals surface area contributed by atoms with E-state index in [4.69, 9.17) is 17.3 Å². The van der Waals surface area contributed by atoms with Gasteiger partial charge in [-0.3, -0.25) is 10.1 Å². The van der Waals surface area contributed by atoms with Crippen molar-refractivity contribution in [1.29, 1.82) is 0 Å². The van der Waals surface area contributed by atoms with Crippen LogP contribution in [0.5, 0.6) is 0 Å². The van der Waals surface area contributed by atoms with Crippen molar-refractivity contribution in [1.82, 2.24) is 9.97 Å². The lowest BCUT2D eigenvalue weighted by Crippen LogP contribution is -2.37. The Balaban J connectivity index is 2.00. The molecule has 0 saturated heterocycles. The topological polar surface area (TPSA) is 80.9 Å². The van der Waals surface area contributed by atoms with Crippen LogP contribution < -0.4 is 11.1 Å². The van der Waals surface area contributed by atoms with E-state index >= 15 is 0 Å². The highest BCUT2D eigenvalue weighted by molar-refractivity contribution is 6.29. The summed E-state index contributed by atoms with van der Waals surface area (Å²) < 4.78 is 0. The molecular formula is C14H15ClN4O. The zero-order valence-electron chi connectivity index (χ0n) is 11.0. The molecule has 0 saturated carbocycles. The highest BCUT2D eigenvalue weighted by Crippen LogP contribution is 2.10. The molecule has 2 rings (SSSR count). The summed E-state index contributed by atoms with van der Waals surface area (Å²) in [6.07, 6.45) is 0.451. The first-order valence-electron chi connectivity index (χ1n) is 6.16. The van der Waals surface area contributed by atoms with Gasteiger partial charge in [-0.25, -0.2) is 9.97 Å². The zero-order chi connectivity index (χ0) is 14.5. The number of nitrogens with one attached hydrogen (secondary N) is 1. The molecule has 0 unspecified atom stereocenters. The minimum absolute atomic E-state index is 0.170. The van der Waals surface area contributed by atoms with Crippen LogP contribution in [0.1, 0.15) is 11.3 Å². The number of benzene rings is 1. The van der Waals surface area contributed by atoms with Crippen LogP contribution in [0.4, 0.5) is 5.95 Å². The molecule has 20 heavy (non-hydrogen) atoms. The van der Waals surface area contributed by atoms with E-state index in [0.29, 0.717) is 12.1 Å². The molecule has 1 aromatic heterocycles. The van der Waals surface area contributed by atoms with E-state index in [2.05, 4.69) is 15.3 Å². The normalized spacial score (nSPS) is 11.9. The molecule has 1 heterocycles. The number of carbonyl (C=O) groups is 1. The number of anilines is 1. The standard InChI is InChI=1S/C14H15ClN4O/c1-9-7-12(15)18-14(17-9)19-13(20)11(16)8-10-5-3-2-4-6-10/h2-7,11H,8,16H2,1H3,(H,17,18,19,20)/t11-/m0/s1. The second-order valence-corrected chi connectivity index (χ2v) is 4.83. The van der Waals surface area contributed by atoms with Crippen LogP contribution in [-0.2, 0) is 11.2 Å². The summed E-state index contributed by atoms with van der Waals surface area (Å²) in [5, 5.41) is 2.85. The van der Waals surface area contributed by atoms with Crippen LogP contribution in [0, 0.1) is 6.92 Å². The molecule has 5 nitrogen and oxygen atoms in total. The number of rotatable bonds is 4. The summed E-state index contributed by atoms with van der Waals surface area (Å²) >= 11 is 5.81. The quantitative estimate of drug-likeness (QED) is 0.843. The van der Waals surface area contributed by atoms with E-state index in [9.17, 15) is 4.79 Å². The number of halogens is 1. The number of carbonyl (C=O) groups excluding carboxylic acids is 1. The number of aromatic nitrogens is 2. The monoisotopic (exact) mass is 290 g/mol. The van der Waals surface area contributed by atoms with E-state index in [1.165, 1.54) is 0 Å². The molecule has 1 amide bonds. The minimum atomic E-state index is -0.666. The van der Waals surface area contributed by atoms with Gasteiger partial charge in [0.15, 0.2) is 0 Å². The first-order valence-corrected chi connectivity index (χ1v) is 6.54. The Bertz CT molecular complexity index is 583. The molecule has 1 atom stereocenters. The maximum Gasteiger partial charge on any atom is 0.243 e. The summed E-state index contributed by atoms with van der Waals surface area (Å²) in [6.45, 7) is 1.77. The fourth-order valence-electron chi connectivity index (χ4n) is 1.75. The minimum Gasteiger partial charge on any atom is -0.320 e. The van der Waals surface area contributed by atoms with Gasteiger partial charge in [-0.2, -0.15) is 0 Å². The Hall–Kier alpha value is -1.98. The number of nitrogens with zero attached hydrogens (tertiary/aromatic N) is 2. The summed E-state index contributed by atoms with van der Waals surface area (Å²) in [6, 6.07) is 10.5. The number of hydrogen-bond donors (Lipinski definition) is 2. The molecule has 0 radical (unpaired) electrons. The molecule has 0 spiro atoms. The third kappa shape index (κ3) is 4.01. The molecule has 0 aliphatic carbocycles. The number of nitrogens with two attached hydrogens (primary N) is 1. The van der Waals surface area contributed by atoms with Crippen molar-refractivity contribution in [2.45, 2.75) is 19.4 Å². The van der Waals surface area contributed by atoms with Crippen LogP contribution in [0.2, 0.25) is 5.15 Å². The van der Waals surface area contributed by atoms with Crippen molar-refractivity contribution < 1.29 is 4.79 Å². The van der Waals surface area contributed by atoms with Crippen molar-refractivity contribution in [3.8, 4) is 0 Å². The molecule has 2 aromatic rings. The molecule has 6 heteroatoms. The van der Waals surface area contributed by atoms with Gasteiger partial charge in [0, 0.05) is 5.69 Å². The summed E-state index contributed by atoms with van der Waals surface area (Å²) in [5.41, 5.74) is 7.55. The Morgan fingerprint density at radius 1 is 1.35 bits per heavy atom. The van der Waals surface area contributed by atoms with Crippen LogP contribution in [0.15, 0.2) is 36.4 Å². The molecule has 0 fully saturated rings. The Labute approximate surface area is 122 Å². The largest absolute Gasteiger partial charge is 0.320 e. The van der Waals surface area contributed by atoms with E-state index in [-0.39, 0.29) is 17.0 Å². The van der Waals surface area contributed by atoms with Gasteiger partial charge in [-0.05, 0) is 25.0 Å². The van der Waals surface area contributed by atoms with Crippen LogP contribution >= 0.6 is 11.6 Å². The lowest BCUT2D eigenvalue weighted by atomic mass is 10.1. The van der Waals surface area contributed by atoms with E-state index < -0.39 is 6.04 Å². The first kappa shape index (κ1) is 14.4. The van der Waals surface area contributed by atoms with Gasteiger partial charge < -0.3 is 5.73 Å². The Kier molecular flexibility index (Phi) is 4.65. The van der Waals surface area contributed by atoms with Gasteiger partial charge >= 0.3 is 0 Å². The third-order valence-corrected chi connectivity index (χ3v) is 2.89. The van der Waals surface area contributed by atoms with E-state index in [1.54, 1.807) is 13.0 Å².